The lowest BCUT2D eigenvalue weighted by Crippen LogP contribution is -2.44. The summed E-state index contributed by atoms with van der Waals surface area (Å²) in [5, 5.41) is 0. The molecule has 1 rings (SSSR count). The van der Waals surface area contributed by atoms with E-state index in [4.69, 9.17) is 4.74 Å². The van der Waals surface area contributed by atoms with Gasteiger partial charge in [0, 0.05) is 0 Å². The van der Waals surface area contributed by atoms with Crippen LogP contribution in [0.4, 0.5) is 0 Å². The molecule has 272 valence electrons. The minimum atomic E-state index is -0.0296. The summed E-state index contributed by atoms with van der Waals surface area (Å²) in [6.45, 7) is 5.54. The fraction of sp³-hybridized carbons (Fsp3) is 0.795. The van der Waals surface area contributed by atoms with Crippen molar-refractivity contribution in [2.24, 2.45) is 0 Å². The van der Waals surface area contributed by atoms with Gasteiger partial charge in [-0.2, -0.15) is 0 Å². The number of unbranched alkanes of at least 4 members (excludes halogenated alkanes) is 18. The van der Waals surface area contributed by atoms with Crippen LogP contribution in [0.1, 0.15) is 200 Å². The number of rotatable bonds is 32. The Bertz CT molecular complexity index is 749. The first-order valence-corrected chi connectivity index (χ1v) is 20.7. The highest BCUT2D eigenvalue weighted by Gasteiger charge is 2.29. The van der Waals surface area contributed by atoms with Crippen molar-refractivity contribution in [3.05, 3.63) is 48.6 Å². The summed E-state index contributed by atoms with van der Waals surface area (Å²) in [5.74, 6) is 0.0391. The van der Waals surface area contributed by atoms with Crippen molar-refractivity contribution in [3.8, 4) is 0 Å². The molecular weight excluding hydrogens is 574 g/mol. The van der Waals surface area contributed by atoms with E-state index in [1.807, 2.05) is 0 Å². The zero-order chi connectivity index (χ0) is 33.9. The van der Waals surface area contributed by atoms with Crippen molar-refractivity contribution in [2.75, 3.05) is 13.6 Å². The van der Waals surface area contributed by atoms with Crippen LogP contribution in [0, 0.1) is 0 Å². The Morgan fingerprint density at radius 1 is 0.574 bits per heavy atom. The van der Waals surface area contributed by atoms with Gasteiger partial charge in [0.15, 0.2) is 0 Å². The molecule has 3 nitrogen and oxygen atoms in total. The highest BCUT2D eigenvalue weighted by Crippen LogP contribution is 2.21. The Kier molecular flexibility index (Phi) is 31.6. The molecule has 47 heavy (non-hydrogen) atoms. The molecule has 0 aromatic heterocycles. The smallest absolute Gasteiger partial charge is 0.323 e. The third kappa shape index (κ3) is 28.0. The van der Waals surface area contributed by atoms with E-state index in [9.17, 15) is 4.79 Å². The predicted molar refractivity (Wildman–Crippen MR) is 208 cm³/mol. The summed E-state index contributed by atoms with van der Waals surface area (Å²) in [7, 11) is 2.09. The first-order valence-electron chi connectivity index (χ1n) is 20.7. The second kappa shape index (κ2) is 34.3. The molecule has 0 aliphatic carbocycles. The number of likely N-dealkylation sites (N-methyl/N-ethyl adjacent to an activating group) is 1. The molecule has 1 aliphatic rings. The lowest BCUT2D eigenvalue weighted by atomic mass is 10.0. The Labute approximate surface area is 294 Å². The molecule has 0 N–H and O–H groups in total. The largest absolute Gasteiger partial charge is 0.461 e. The number of allylic oxidation sites excluding steroid dienone is 8. The average molecular weight is 654 g/mol. The number of hydrogen-bond donors (Lipinski definition) is 0. The highest BCUT2D eigenvalue weighted by atomic mass is 16.5. The maximum atomic E-state index is 13.1. The van der Waals surface area contributed by atoms with Crippen molar-refractivity contribution < 1.29 is 9.53 Å². The molecule has 1 aliphatic heterocycles. The number of likely N-dealkylation sites (tertiary alicyclic amines) is 1. The zero-order valence-corrected chi connectivity index (χ0v) is 31.8. The fourth-order valence-corrected chi connectivity index (χ4v) is 6.60. The molecule has 1 unspecified atom stereocenters. The SMILES string of the molecule is CCCCC/C=C\C/C=C\CCCCCCCCC(CCCCCCCC/C=C\C/C=C\CCCCC)OC(=O)C1CCCCN1C. The molecule has 0 saturated carbocycles. The Hall–Kier alpha value is -1.61. The van der Waals surface area contributed by atoms with Crippen molar-refractivity contribution in [1.29, 1.82) is 0 Å². The van der Waals surface area contributed by atoms with Gasteiger partial charge in [-0.25, -0.2) is 0 Å². The Morgan fingerprint density at radius 2 is 0.979 bits per heavy atom. The predicted octanol–water partition coefficient (Wildman–Crippen LogP) is 13.8. The van der Waals surface area contributed by atoms with Crippen molar-refractivity contribution in [3.63, 3.8) is 0 Å². The number of nitrogens with zero attached hydrogens (tertiary/aromatic N) is 1. The van der Waals surface area contributed by atoms with Gasteiger partial charge in [-0.3, -0.25) is 9.69 Å². The summed E-state index contributed by atoms with van der Waals surface area (Å²) in [6.07, 6.45) is 54.7. The van der Waals surface area contributed by atoms with Crippen LogP contribution >= 0.6 is 0 Å². The summed E-state index contributed by atoms with van der Waals surface area (Å²) in [4.78, 5) is 15.3. The Morgan fingerprint density at radius 3 is 1.40 bits per heavy atom. The average Bonchev–Trinajstić information content (AvgIpc) is 3.07. The molecule has 1 heterocycles. The number of carbonyl (C=O) groups is 1. The summed E-state index contributed by atoms with van der Waals surface area (Å²) >= 11 is 0. The van der Waals surface area contributed by atoms with E-state index in [1.54, 1.807) is 0 Å². The van der Waals surface area contributed by atoms with Gasteiger partial charge in [-0.1, -0.05) is 146 Å². The van der Waals surface area contributed by atoms with Gasteiger partial charge in [0.2, 0.25) is 0 Å². The van der Waals surface area contributed by atoms with E-state index in [0.29, 0.717) is 0 Å². The van der Waals surface area contributed by atoms with Gasteiger partial charge in [0.05, 0.1) is 0 Å². The van der Waals surface area contributed by atoms with Gasteiger partial charge in [-0.15, -0.1) is 0 Å². The summed E-state index contributed by atoms with van der Waals surface area (Å²) < 4.78 is 6.20. The van der Waals surface area contributed by atoms with E-state index < -0.39 is 0 Å². The molecule has 0 aromatic rings. The molecule has 3 heteroatoms. The van der Waals surface area contributed by atoms with E-state index in [-0.39, 0.29) is 18.1 Å². The monoisotopic (exact) mass is 654 g/mol. The highest BCUT2D eigenvalue weighted by molar-refractivity contribution is 5.76. The van der Waals surface area contributed by atoms with Gasteiger partial charge in [0.25, 0.3) is 0 Å². The molecule has 0 bridgehead atoms. The summed E-state index contributed by atoms with van der Waals surface area (Å²) in [6, 6.07) is -0.0296. The molecule has 0 aromatic carbocycles. The van der Waals surface area contributed by atoms with E-state index >= 15 is 0 Å². The van der Waals surface area contributed by atoms with Crippen LogP contribution in [0.3, 0.4) is 0 Å². The Balaban J connectivity index is 2.18. The fourth-order valence-electron chi connectivity index (χ4n) is 6.60. The van der Waals surface area contributed by atoms with Crippen LogP contribution in [-0.2, 0) is 9.53 Å². The van der Waals surface area contributed by atoms with Crippen LogP contribution in [0.5, 0.6) is 0 Å². The van der Waals surface area contributed by atoms with Gasteiger partial charge in [-0.05, 0) is 116 Å². The minimum absolute atomic E-state index is 0.0296. The van der Waals surface area contributed by atoms with Gasteiger partial charge < -0.3 is 4.74 Å². The molecule has 0 spiro atoms. The lowest BCUT2D eigenvalue weighted by Gasteiger charge is -2.32. The number of esters is 1. The van der Waals surface area contributed by atoms with Gasteiger partial charge >= 0.3 is 5.97 Å². The van der Waals surface area contributed by atoms with Crippen molar-refractivity contribution in [1.82, 2.24) is 4.90 Å². The number of hydrogen-bond acceptors (Lipinski definition) is 3. The first-order chi connectivity index (χ1) is 23.2. The van der Waals surface area contributed by atoms with E-state index in [2.05, 4.69) is 74.4 Å². The second-order valence-electron chi connectivity index (χ2n) is 14.3. The summed E-state index contributed by atoms with van der Waals surface area (Å²) in [5.41, 5.74) is 0. The maximum Gasteiger partial charge on any atom is 0.323 e. The molecule has 0 amide bonds. The van der Waals surface area contributed by atoms with Crippen LogP contribution in [-0.4, -0.2) is 36.6 Å². The zero-order valence-electron chi connectivity index (χ0n) is 31.8. The molecule has 1 fully saturated rings. The van der Waals surface area contributed by atoms with Crippen LogP contribution in [0.25, 0.3) is 0 Å². The third-order valence-electron chi connectivity index (χ3n) is 9.78. The maximum absolute atomic E-state index is 13.1. The van der Waals surface area contributed by atoms with Crippen molar-refractivity contribution >= 4 is 5.97 Å². The van der Waals surface area contributed by atoms with Gasteiger partial charge in [0.1, 0.15) is 12.1 Å². The number of piperidine rings is 1. The molecular formula is C44H79NO2. The standard InChI is InChI=1S/C44H79NO2/c1-4-6-8-10-12-14-16-18-20-22-24-26-28-30-32-34-38-42(47-44(46)43-40-36-37-41-45(43)3)39-35-33-31-29-27-25-23-21-19-17-15-13-11-9-7-5-2/h12-15,18-21,42-43H,4-11,16-17,22-41H2,1-3H3/b14-12-,15-13-,20-18-,21-19-. The lowest BCUT2D eigenvalue weighted by molar-refractivity contribution is -0.157. The third-order valence-corrected chi connectivity index (χ3v) is 9.78. The van der Waals surface area contributed by atoms with Crippen LogP contribution in [0.15, 0.2) is 48.6 Å². The van der Waals surface area contributed by atoms with Crippen molar-refractivity contribution in [2.45, 2.75) is 212 Å². The van der Waals surface area contributed by atoms with E-state index in [0.717, 1.165) is 45.1 Å². The first kappa shape index (κ1) is 43.4. The quantitative estimate of drug-likeness (QED) is 0.0411. The number of carbonyl (C=O) groups excluding carboxylic acids is 1. The van der Waals surface area contributed by atoms with Crippen LogP contribution in [0.2, 0.25) is 0 Å². The normalized spacial score (nSPS) is 16.2. The molecule has 1 atom stereocenters. The topological polar surface area (TPSA) is 29.5 Å². The molecule has 1 saturated heterocycles. The second-order valence-corrected chi connectivity index (χ2v) is 14.3. The molecule has 0 radical (unpaired) electrons. The number of ether oxygens (including phenoxy) is 1. The van der Waals surface area contributed by atoms with Crippen LogP contribution < -0.4 is 0 Å². The van der Waals surface area contributed by atoms with E-state index in [1.165, 1.54) is 148 Å². The minimum Gasteiger partial charge on any atom is -0.461 e.